The third-order valence-electron chi connectivity index (χ3n) is 3.00. The zero-order valence-electron chi connectivity index (χ0n) is 12.1. The number of ether oxygens (including phenoxy) is 1. The van der Waals surface area contributed by atoms with Crippen LogP contribution in [0.4, 0.5) is 0 Å². The van der Waals surface area contributed by atoms with Crippen LogP contribution < -0.4 is 5.32 Å². The molecule has 0 unspecified atom stereocenters. The van der Waals surface area contributed by atoms with Crippen molar-refractivity contribution in [2.24, 2.45) is 0 Å². The van der Waals surface area contributed by atoms with Crippen LogP contribution in [0.25, 0.3) is 0 Å². The van der Waals surface area contributed by atoms with Gasteiger partial charge in [-0.25, -0.2) is 4.79 Å². The number of pyridine rings is 1. The lowest BCUT2D eigenvalue weighted by molar-refractivity contribution is 0.0599. The molecule has 23 heavy (non-hydrogen) atoms. The highest BCUT2D eigenvalue weighted by Gasteiger charge is 2.17. The molecule has 0 saturated heterocycles. The third kappa shape index (κ3) is 4.05. The molecule has 7 heteroatoms. The first-order valence-corrected chi connectivity index (χ1v) is 6.93. The van der Waals surface area contributed by atoms with E-state index in [4.69, 9.17) is 11.6 Å². The summed E-state index contributed by atoms with van der Waals surface area (Å²) in [5.41, 5.74) is 0.884. The molecular weight excluding hydrogens is 318 g/mol. The summed E-state index contributed by atoms with van der Waals surface area (Å²) in [4.78, 5) is 27.4. The maximum atomic E-state index is 12.1. The van der Waals surface area contributed by atoms with Gasteiger partial charge in [0, 0.05) is 11.2 Å². The molecule has 0 aliphatic rings. The van der Waals surface area contributed by atoms with Crippen LogP contribution in [0.5, 0.6) is 0 Å². The first kappa shape index (κ1) is 16.5. The maximum Gasteiger partial charge on any atom is 0.339 e. The minimum atomic E-state index is -0.858. The van der Waals surface area contributed by atoms with Crippen molar-refractivity contribution in [1.82, 2.24) is 10.3 Å². The molecule has 1 N–H and O–H groups in total. The lowest BCUT2D eigenvalue weighted by atomic mass is 10.1. The molecule has 0 bridgehead atoms. The Hall–Kier alpha value is -2.91. The molecule has 0 aliphatic carbocycles. The maximum absolute atomic E-state index is 12.1. The van der Waals surface area contributed by atoms with Gasteiger partial charge in [-0.2, -0.15) is 5.26 Å². The van der Waals surface area contributed by atoms with Gasteiger partial charge in [0.15, 0.2) is 0 Å². The number of esters is 1. The highest BCUT2D eigenvalue weighted by atomic mass is 35.5. The SMILES string of the molecule is COC(=O)c1ccc(C(=O)N[C@@H](C#N)c2cccc(Cl)c2)nc1. The van der Waals surface area contributed by atoms with E-state index in [-0.39, 0.29) is 11.3 Å². The van der Waals surface area contributed by atoms with Gasteiger partial charge in [0.2, 0.25) is 0 Å². The Bertz CT molecular complexity index is 769. The van der Waals surface area contributed by atoms with Gasteiger partial charge in [-0.05, 0) is 29.8 Å². The van der Waals surface area contributed by atoms with Gasteiger partial charge in [-0.1, -0.05) is 23.7 Å². The first-order chi connectivity index (χ1) is 11.0. The number of rotatable bonds is 4. The average Bonchev–Trinajstić information content (AvgIpc) is 2.58. The van der Waals surface area contributed by atoms with Crippen LogP contribution in [-0.2, 0) is 4.74 Å². The third-order valence-corrected chi connectivity index (χ3v) is 3.24. The van der Waals surface area contributed by atoms with Crippen molar-refractivity contribution in [3.8, 4) is 6.07 Å². The fraction of sp³-hybridized carbons (Fsp3) is 0.125. The molecule has 1 aromatic carbocycles. The summed E-state index contributed by atoms with van der Waals surface area (Å²) in [6, 6.07) is 10.6. The number of nitrogens with one attached hydrogen (secondary N) is 1. The molecule has 2 rings (SSSR count). The Morgan fingerprint density at radius 1 is 1.35 bits per heavy atom. The van der Waals surface area contributed by atoms with E-state index in [2.05, 4.69) is 15.0 Å². The van der Waals surface area contributed by atoms with Crippen LogP contribution in [0.1, 0.15) is 32.5 Å². The highest BCUT2D eigenvalue weighted by molar-refractivity contribution is 6.30. The van der Waals surface area contributed by atoms with E-state index in [1.54, 1.807) is 24.3 Å². The fourth-order valence-corrected chi connectivity index (χ4v) is 2.05. The molecule has 0 fully saturated rings. The quantitative estimate of drug-likeness (QED) is 0.870. The Balaban J connectivity index is 2.14. The minimum Gasteiger partial charge on any atom is -0.465 e. The van der Waals surface area contributed by atoms with Gasteiger partial charge in [0.05, 0.1) is 18.7 Å². The number of aromatic nitrogens is 1. The molecular formula is C16H12ClN3O3. The predicted octanol–water partition coefficient (Wildman–Crippen LogP) is 2.52. The van der Waals surface area contributed by atoms with Crippen molar-refractivity contribution in [3.05, 3.63) is 64.4 Å². The van der Waals surface area contributed by atoms with Crippen molar-refractivity contribution >= 4 is 23.5 Å². The summed E-state index contributed by atoms with van der Waals surface area (Å²) in [5.74, 6) is -1.08. The second kappa shape index (κ2) is 7.38. The van der Waals surface area contributed by atoms with Crippen LogP contribution in [0, 0.1) is 11.3 Å². The molecule has 116 valence electrons. The number of nitrogens with zero attached hydrogens (tertiary/aromatic N) is 2. The predicted molar refractivity (Wildman–Crippen MR) is 82.8 cm³/mol. The van der Waals surface area contributed by atoms with E-state index in [1.807, 2.05) is 6.07 Å². The van der Waals surface area contributed by atoms with E-state index in [1.165, 1.54) is 25.4 Å². The monoisotopic (exact) mass is 329 g/mol. The molecule has 1 aromatic heterocycles. The van der Waals surface area contributed by atoms with Crippen LogP contribution in [0.2, 0.25) is 5.02 Å². The van der Waals surface area contributed by atoms with Crippen molar-refractivity contribution in [2.45, 2.75) is 6.04 Å². The average molecular weight is 330 g/mol. The summed E-state index contributed by atoms with van der Waals surface area (Å²) in [6.07, 6.45) is 1.24. The van der Waals surface area contributed by atoms with Gasteiger partial charge in [-0.3, -0.25) is 9.78 Å². The fourth-order valence-electron chi connectivity index (χ4n) is 1.85. The standard InChI is InChI=1S/C16H12ClN3O3/c1-23-16(22)11-5-6-13(19-9-11)15(21)20-14(8-18)10-3-2-4-12(17)7-10/h2-7,9,14H,1H3,(H,20,21)/t14-/m0/s1. The van der Waals surface area contributed by atoms with E-state index in [9.17, 15) is 14.9 Å². The number of methoxy groups -OCH3 is 1. The van der Waals surface area contributed by atoms with Crippen molar-refractivity contribution in [3.63, 3.8) is 0 Å². The number of nitriles is 1. The number of amides is 1. The number of halogens is 1. The normalized spacial score (nSPS) is 11.2. The first-order valence-electron chi connectivity index (χ1n) is 6.55. The number of hydrogen-bond acceptors (Lipinski definition) is 5. The second-order valence-corrected chi connectivity index (χ2v) is 4.95. The molecule has 0 saturated carbocycles. The summed E-state index contributed by atoms with van der Waals surface area (Å²) >= 11 is 5.88. The number of carbonyl (C=O) groups is 2. The topological polar surface area (TPSA) is 92.1 Å². The van der Waals surface area contributed by atoms with Crippen molar-refractivity contribution in [1.29, 1.82) is 5.26 Å². The molecule has 0 aliphatic heterocycles. The zero-order chi connectivity index (χ0) is 16.8. The molecule has 1 atom stereocenters. The zero-order valence-corrected chi connectivity index (χ0v) is 12.9. The number of benzene rings is 1. The van der Waals surface area contributed by atoms with Gasteiger partial charge < -0.3 is 10.1 Å². The van der Waals surface area contributed by atoms with Gasteiger partial charge in [-0.15, -0.1) is 0 Å². The van der Waals surface area contributed by atoms with Crippen molar-refractivity contribution in [2.75, 3.05) is 7.11 Å². The largest absolute Gasteiger partial charge is 0.465 e. The van der Waals surface area contributed by atoms with E-state index in [0.29, 0.717) is 10.6 Å². The second-order valence-electron chi connectivity index (χ2n) is 4.51. The Morgan fingerprint density at radius 2 is 2.13 bits per heavy atom. The summed E-state index contributed by atoms with van der Waals surface area (Å²) < 4.78 is 4.55. The molecule has 1 amide bonds. The number of hydrogen-bond donors (Lipinski definition) is 1. The van der Waals surface area contributed by atoms with E-state index < -0.39 is 17.9 Å². The van der Waals surface area contributed by atoms with Crippen LogP contribution in [-0.4, -0.2) is 24.0 Å². The Kier molecular flexibility index (Phi) is 5.28. The van der Waals surface area contributed by atoms with Gasteiger partial charge >= 0.3 is 5.97 Å². The molecule has 1 heterocycles. The summed E-state index contributed by atoms with van der Waals surface area (Å²) in [6.45, 7) is 0. The number of carbonyl (C=O) groups excluding carboxylic acids is 2. The van der Waals surface area contributed by atoms with Gasteiger partial charge in [0.25, 0.3) is 5.91 Å². The highest BCUT2D eigenvalue weighted by Crippen LogP contribution is 2.17. The van der Waals surface area contributed by atoms with Crippen LogP contribution >= 0.6 is 11.6 Å². The molecule has 6 nitrogen and oxygen atoms in total. The van der Waals surface area contributed by atoms with E-state index >= 15 is 0 Å². The lowest BCUT2D eigenvalue weighted by Crippen LogP contribution is -2.28. The summed E-state index contributed by atoms with van der Waals surface area (Å²) in [5, 5.41) is 12.2. The lowest BCUT2D eigenvalue weighted by Gasteiger charge is -2.12. The smallest absolute Gasteiger partial charge is 0.339 e. The van der Waals surface area contributed by atoms with Crippen LogP contribution in [0.15, 0.2) is 42.6 Å². The van der Waals surface area contributed by atoms with Crippen molar-refractivity contribution < 1.29 is 14.3 Å². The molecule has 0 radical (unpaired) electrons. The minimum absolute atomic E-state index is 0.0833. The summed E-state index contributed by atoms with van der Waals surface area (Å²) in [7, 11) is 1.26. The Labute approximate surface area is 137 Å². The van der Waals surface area contributed by atoms with Crippen LogP contribution in [0.3, 0.4) is 0 Å². The van der Waals surface area contributed by atoms with E-state index in [0.717, 1.165) is 0 Å². The molecule has 0 spiro atoms. The molecule has 2 aromatic rings. The van der Waals surface area contributed by atoms with Gasteiger partial charge in [0.1, 0.15) is 11.7 Å². The Morgan fingerprint density at radius 3 is 2.70 bits per heavy atom.